The second-order valence-electron chi connectivity index (χ2n) is 6.55. The van der Waals surface area contributed by atoms with Gasteiger partial charge in [0.2, 0.25) is 0 Å². The Balaban J connectivity index is 1.62. The minimum Gasteiger partial charge on any atom is -0.384 e. The van der Waals surface area contributed by atoms with E-state index in [1.165, 1.54) is 19.3 Å². The maximum absolute atomic E-state index is 6.19. The number of hydrogen-bond donors (Lipinski definition) is 2. The Morgan fingerprint density at radius 2 is 2.21 bits per heavy atom. The highest BCUT2D eigenvalue weighted by molar-refractivity contribution is 5.77. The lowest BCUT2D eigenvalue weighted by Crippen LogP contribution is -2.34. The first-order valence-corrected chi connectivity index (χ1v) is 8.56. The number of fused-ring (bicyclic) bond motifs is 1. The third-order valence-electron chi connectivity index (χ3n) is 4.73. The molecule has 0 bridgehead atoms. The average Bonchev–Trinajstić information content (AvgIpc) is 3.20. The van der Waals surface area contributed by atoms with E-state index in [2.05, 4.69) is 15.5 Å². The molecule has 0 saturated carbocycles. The van der Waals surface area contributed by atoms with Crippen molar-refractivity contribution in [3.8, 4) is 11.1 Å². The Hall–Kier alpha value is -2.41. The number of aromatic nitrogens is 5. The van der Waals surface area contributed by atoms with Crippen molar-refractivity contribution in [2.45, 2.75) is 38.1 Å². The molecule has 7 heteroatoms. The number of nitrogen functional groups attached to an aromatic ring is 1. The van der Waals surface area contributed by atoms with E-state index in [0.717, 1.165) is 41.9 Å². The quantitative estimate of drug-likeness (QED) is 0.764. The number of nitrogens with two attached hydrogens (primary N) is 1. The van der Waals surface area contributed by atoms with Gasteiger partial charge in [0.1, 0.15) is 5.82 Å². The summed E-state index contributed by atoms with van der Waals surface area (Å²) < 4.78 is 3.48. The van der Waals surface area contributed by atoms with E-state index >= 15 is 0 Å². The molecule has 1 aliphatic rings. The van der Waals surface area contributed by atoms with Crippen LogP contribution in [0.15, 0.2) is 24.7 Å². The molecule has 3 aromatic heterocycles. The van der Waals surface area contributed by atoms with Crippen LogP contribution in [0.1, 0.15) is 31.4 Å². The third-order valence-corrected chi connectivity index (χ3v) is 4.73. The summed E-state index contributed by atoms with van der Waals surface area (Å²) in [5, 5.41) is 12.2. The molecule has 1 saturated heterocycles. The van der Waals surface area contributed by atoms with Gasteiger partial charge in [-0.15, -0.1) is 0 Å². The minimum absolute atomic E-state index is 0.598. The summed E-state index contributed by atoms with van der Waals surface area (Å²) in [6, 6.07) is 2.54. The summed E-state index contributed by atoms with van der Waals surface area (Å²) in [6.07, 6.45) is 11.5. The van der Waals surface area contributed by atoms with Crippen LogP contribution >= 0.6 is 0 Å². The van der Waals surface area contributed by atoms with E-state index in [1.807, 2.05) is 31.7 Å². The normalized spacial score (nSPS) is 18.3. The van der Waals surface area contributed by atoms with Gasteiger partial charge in [-0.25, -0.2) is 4.98 Å². The molecule has 3 aromatic rings. The maximum atomic E-state index is 6.19. The van der Waals surface area contributed by atoms with Crippen molar-refractivity contribution in [3.63, 3.8) is 0 Å². The number of hydrogen-bond acceptors (Lipinski definition) is 5. The summed E-state index contributed by atoms with van der Waals surface area (Å²) in [5.41, 5.74) is 9.98. The summed E-state index contributed by atoms with van der Waals surface area (Å²) in [6.45, 7) is 1.13. The van der Waals surface area contributed by atoms with Crippen molar-refractivity contribution >= 4 is 11.5 Å². The lowest BCUT2D eigenvalue weighted by atomic mass is 9.99. The van der Waals surface area contributed by atoms with Crippen molar-refractivity contribution in [1.82, 2.24) is 29.7 Å². The van der Waals surface area contributed by atoms with Crippen LogP contribution in [0.4, 0.5) is 5.82 Å². The number of piperidine rings is 1. The molecule has 1 atom stereocenters. The van der Waals surface area contributed by atoms with Gasteiger partial charge >= 0.3 is 0 Å². The molecule has 3 N–H and O–H groups in total. The first-order chi connectivity index (χ1) is 11.7. The highest BCUT2D eigenvalue weighted by Gasteiger charge is 2.15. The molecule has 1 fully saturated rings. The molecule has 7 nitrogen and oxygen atoms in total. The van der Waals surface area contributed by atoms with Crippen LogP contribution in [0.2, 0.25) is 0 Å². The van der Waals surface area contributed by atoms with Gasteiger partial charge in [-0.1, -0.05) is 6.42 Å². The molecule has 0 amide bonds. The zero-order valence-corrected chi connectivity index (χ0v) is 13.9. The zero-order valence-electron chi connectivity index (χ0n) is 13.9. The second kappa shape index (κ2) is 6.24. The molecule has 4 rings (SSSR count). The SMILES string of the molecule is Cn1cc(-c2cnn3c(N)cc(CC[C@@H]4CCCCN4)nc23)cn1. The van der Waals surface area contributed by atoms with Crippen LogP contribution in [0.5, 0.6) is 0 Å². The molecule has 4 heterocycles. The van der Waals surface area contributed by atoms with Crippen LogP contribution in [0, 0.1) is 0 Å². The third kappa shape index (κ3) is 2.87. The molecule has 0 aromatic carbocycles. The number of anilines is 1. The fraction of sp³-hybridized carbons (Fsp3) is 0.471. The highest BCUT2D eigenvalue weighted by atomic mass is 15.3. The smallest absolute Gasteiger partial charge is 0.165 e. The Kier molecular flexibility index (Phi) is 3.93. The van der Waals surface area contributed by atoms with E-state index in [1.54, 1.807) is 9.20 Å². The van der Waals surface area contributed by atoms with Gasteiger partial charge in [0.25, 0.3) is 0 Å². The van der Waals surface area contributed by atoms with E-state index in [0.29, 0.717) is 11.9 Å². The lowest BCUT2D eigenvalue weighted by molar-refractivity contribution is 0.382. The molecule has 1 aliphatic heterocycles. The predicted molar refractivity (Wildman–Crippen MR) is 93.6 cm³/mol. The first kappa shape index (κ1) is 15.1. The summed E-state index contributed by atoms with van der Waals surface area (Å²) in [4.78, 5) is 4.82. The number of rotatable bonds is 4. The van der Waals surface area contributed by atoms with Crippen LogP contribution < -0.4 is 11.1 Å². The zero-order chi connectivity index (χ0) is 16.5. The van der Waals surface area contributed by atoms with Crippen LogP contribution in [-0.2, 0) is 13.5 Å². The van der Waals surface area contributed by atoms with Gasteiger partial charge in [0, 0.05) is 42.2 Å². The maximum Gasteiger partial charge on any atom is 0.165 e. The molecule has 126 valence electrons. The van der Waals surface area contributed by atoms with Crippen molar-refractivity contribution < 1.29 is 0 Å². The molecule has 0 radical (unpaired) electrons. The van der Waals surface area contributed by atoms with Gasteiger partial charge in [-0.2, -0.15) is 14.7 Å². The topological polar surface area (TPSA) is 86.1 Å². The van der Waals surface area contributed by atoms with Crippen LogP contribution in [-0.4, -0.2) is 37.0 Å². The van der Waals surface area contributed by atoms with Gasteiger partial charge < -0.3 is 11.1 Å². The Labute approximate surface area is 140 Å². The monoisotopic (exact) mass is 325 g/mol. The second-order valence-corrected chi connectivity index (χ2v) is 6.55. The standard InChI is InChI=1S/C17H23N7/c1-23-11-12(9-20-23)15-10-21-24-16(18)8-14(22-17(15)24)6-5-13-4-2-3-7-19-13/h8-11,13,19H,2-7,18H2,1H3/t13-/m0/s1. The average molecular weight is 325 g/mol. The van der Waals surface area contributed by atoms with Crippen molar-refractivity contribution in [1.29, 1.82) is 0 Å². The van der Waals surface area contributed by atoms with Crippen LogP contribution in [0.25, 0.3) is 16.8 Å². The largest absolute Gasteiger partial charge is 0.384 e. The predicted octanol–water partition coefficient (Wildman–Crippen LogP) is 1.79. The molecular formula is C17H23N7. The van der Waals surface area contributed by atoms with Gasteiger partial charge in [0.15, 0.2) is 5.65 Å². The molecule has 0 unspecified atom stereocenters. The van der Waals surface area contributed by atoms with Crippen molar-refractivity contribution in [2.24, 2.45) is 7.05 Å². The van der Waals surface area contributed by atoms with Crippen LogP contribution in [0.3, 0.4) is 0 Å². The molecule has 0 aliphatic carbocycles. The van der Waals surface area contributed by atoms with E-state index in [-0.39, 0.29) is 0 Å². The fourth-order valence-electron chi connectivity index (χ4n) is 3.42. The first-order valence-electron chi connectivity index (χ1n) is 8.56. The van der Waals surface area contributed by atoms with Gasteiger partial charge in [0.05, 0.1) is 12.4 Å². The van der Waals surface area contributed by atoms with E-state index < -0.39 is 0 Å². The Morgan fingerprint density at radius 3 is 2.96 bits per heavy atom. The summed E-state index contributed by atoms with van der Waals surface area (Å²) in [7, 11) is 1.90. The lowest BCUT2D eigenvalue weighted by Gasteiger charge is -2.23. The Bertz CT molecular complexity index is 842. The fourth-order valence-corrected chi connectivity index (χ4v) is 3.42. The summed E-state index contributed by atoms with van der Waals surface area (Å²) >= 11 is 0. The van der Waals surface area contributed by atoms with Gasteiger partial charge in [-0.05, 0) is 32.2 Å². The van der Waals surface area contributed by atoms with Crippen molar-refractivity contribution in [3.05, 3.63) is 30.4 Å². The molecule has 0 spiro atoms. The number of nitrogens with one attached hydrogen (secondary N) is 1. The van der Waals surface area contributed by atoms with E-state index in [9.17, 15) is 0 Å². The van der Waals surface area contributed by atoms with Crippen molar-refractivity contribution in [2.75, 3.05) is 12.3 Å². The summed E-state index contributed by atoms with van der Waals surface area (Å²) in [5.74, 6) is 0.627. The van der Waals surface area contributed by atoms with E-state index in [4.69, 9.17) is 10.7 Å². The number of aryl methyl sites for hydroxylation is 2. The molecular weight excluding hydrogens is 302 g/mol. The van der Waals surface area contributed by atoms with Gasteiger partial charge in [-0.3, -0.25) is 4.68 Å². The number of nitrogens with zero attached hydrogens (tertiary/aromatic N) is 5. The molecule has 24 heavy (non-hydrogen) atoms. The minimum atomic E-state index is 0.598. The highest BCUT2D eigenvalue weighted by Crippen LogP contribution is 2.25. The Morgan fingerprint density at radius 1 is 1.29 bits per heavy atom.